The molecule has 1 aliphatic rings. The van der Waals surface area contributed by atoms with Gasteiger partial charge in [-0.25, -0.2) is 0 Å². The maximum Gasteiger partial charge on any atom is 0.279 e. The van der Waals surface area contributed by atoms with E-state index in [-0.39, 0.29) is 5.91 Å². The van der Waals surface area contributed by atoms with Crippen molar-refractivity contribution in [3.63, 3.8) is 0 Å². The molecule has 5 heteroatoms. The maximum atomic E-state index is 12.9. The minimum Gasteiger partial charge on any atom is -0.302 e. The van der Waals surface area contributed by atoms with Gasteiger partial charge in [-0.3, -0.25) is 9.78 Å². The van der Waals surface area contributed by atoms with Crippen LogP contribution in [-0.2, 0) is 11.3 Å². The fourth-order valence-electron chi connectivity index (χ4n) is 2.89. The summed E-state index contributed by atoms with van der Waals surface area (Å²) in [5.74, 6) is -0.140. The molecule has 1 aliphatic heterocycles. The fraction of sp³-hybridized carbons (Fsp3) is 0.0476. The first kappa shape index (κ1) is 15.9. The number of pyridine rings is 1. The third kappa shape index (κ3) is 3.15. The Labute approximate surface area is 151 Å². The average molecular weight is 340 g/mol. The van der Waals surface area contributed by atoms with Crippen LogP contribution in [0.4, 0.5) is 5.69 Å². The lowest BCUT2D eigenvalue weighted by Gasteiger charge is -2.16. The topological polar surface area (TPSA) is 57.9 Å². The lowest BCUT2D eigenvalue weighted by Crippen LogP contribution is -2.29. The number of anilines is 1. The third-order valence-corrected chi connectivity index (χ3v) is 4.13. The van der Waals surface area contributed by atoms with Gasteiger partial charge in [-0.1, -0.05) is 54.6 Å². The summed E-state index contributed by atoms with van der Waals surface area (Å²) in [6, 6.07) is 21.3. The molecule has 0 saturated heterocycles. The zero-order chi connectivity index (χ0) is 17.8. The van der Waals surface area contributed by atoms with Gasteiger partial charge >= 0.3 is 0 Å². The lowest BCUT2D eigenvalue weighted by atomic mass is 10.1. The minimum atomic E-state index is -0.140. The molecular weight excluding hydrogens is 324 g/mol. The van der Waals surface area contributed by atoms with Crippen LogP contribution in [0.25, 0.3) is 0 Å². The molecule has 126 valence electrons. The molecule has 0 unspecified atom stereocenters. The van der Waals surface area contributed by atoms with E-state index < -0.39 is 0 Å². The molecule has 5 nitrogen and oxygen atoms in total. The normalized spacial score (nSPS) is 15.0. The first-order valence-electron chi connectivity index (χ1n) is 8.29. The SMILES string of the molecule is O=C1/C(=N\N=C/c2cccnc2)c2ccccc2N1Cc1ccccc1. The number of benzene rings is 2. The molecule has 0 bridgehead atoms. The van der Waals surface area contributed by atoms with E-state index >= 15 is 0 Å². The molecule has 4 rings (SSSR count). The molecule has 0 spiro atoms. The maximum absolute atomic E-state index is 12.9. The zero-order valence-corrected chi connectivity index (χ0v) is 14.0. The van der Waals surface area contributed by atoms with Gasteiger partial charge in [0.15, 0.2) is 5.71 Å². The molecule has 0 fully saturated rings. The Morgan fingerprint density at radius 2 is 1.77 bits per heavy atom. The van der Waals surface area contributed by atoms with Gasteiger partial charge in [0.05, 0.1) is 18.4 Å². The van der Waals surface area contributed by atoms with Gasteiger partial charge in [-0.05, 0) is 17.7 Å². The number of carbonyl (C=O) groups excluding carboxylic acids is 1. The highest BCUT2D eigenvalue weighted by molar-refractivity contribution is 6.54. The van der Waals surface area contributed by atoms with Crippen molar-refractivity contribution in [1.82, 2.24) is 4.98 Å². The predicted molar refractivity (Wildman–Crippen MR) is 102 cm³/mol. The summed E-state index contributed by atoms with van der Waals surface area (Å²) in [6.45, 7) is 0.502. The molecule has 0 radical (unpaired) electrons. The number of rotatable bonds is 4. The van der Waals surface area contributed by atoms with Crippen molar-refractivity contribution < 1.29 is 4.79 Å². The molecule has 0 N–H and O–H groups in total. The van der Waals surface area contributed by atoms with Crippen LogP contribution >= 0.6 is 0 Å². The predicted octanol–water partition coefficient (Wildman–Crippen LogP) is 3.45. The molecule has 2 aromatic carbocycles. The highest BCUT2D eigenvalue weighted by Gasteiger charge is 2.33. The first-order valence-corrected chi connectivity index (χ1v) is 8.29. The Balaban J connectivity index is 1.65. The number of carbonyl (C=O) groups is 1. The lowest BCUT2D eigenvalue weighted by molar-refractivity contribution is -0.112. The number of nitrogens with zero attached hydrogens (tertiary/aromatic N) is 4. The minimum absolute atomic E-state index is 0.140. The van der Waals surface area contributed by atoms with E-state index in [2.05, 4.69) is 15.2 Å². The number of para-hydroxylation sites is 1. The van der Waals surface area contributed by atoms with Crippen LogP contribution in [0.1, 0.15) is 16.7 Å². The average Bonchev–Trinajstić information content (AvgIpc) is 2.96. The van der Waals surface area contributed by atoms with Gasteiger partial charge in [0, 0.05) is 23.5 Å². The molecule has 2 heterocycles. The fourth-order valence-corrected chi connectivity index (χ4v) is 2.89. The second kappa shape index (κ2) is 7.11. The Morgan fingerprint density at radius 1 is 0.962 bits per heavy atom. The Kier molecular flexibility index (Phi) is 4.35. The van der Waals surface area contributed by atoms with E-state index in [1.165, 1.54) is 0 Å². The van der Waals surface area contributed by atoms with E-state index in [1.54, 1.807) is 23.5 Å². The van der Waals surface area contributed by atoms with Crippen molar-refractivity contribution in [2.24, 2.45) is 10.2 Å². The number of hydrogen-bond donors (Lipinski definition) is 0. The Bertz CT molecular complexity index is 981. The zero-order valence-electron chi connectivity index (χ0n) is 14.0. The van der Waals surface area contributed by atoms with Gasteiger partial charge in [0.25, 0.3) is 5.91 Å². The van der Waals surface area contributed by atoms with E-state index in [9.17, 15) is 4.79 Å². The molecule has 3 aromatic rings. The summed E-state index contributed by atoms with van der Waals surface area (Å²) in [4.78, 5) is 18.7. The number of hydrogen-bond acceptors (Lipinski definition) is 4. The third-order valence-electron chi connectivity index (χ3n) is 4.13. The van der Waals surface area contributed by atoms with Crippen LogP contribution in [0.3, 0.4) is 0 Å². The second-order valence-corrected chi connectivity index (χ2v) is 5.87. The summed E-state index contributed by atoms with van der Waals surface area (Å²) in [5, 5.41) is 8.29. The van der Waals surface area contributed by atoms with E-state index in [4.69, 9.17) is 0 Å². The number of fused-ring (bicyclic) bond motifs is 1. The molecule has 26 heavy (non-hydrogen) atoms. The van der Waals surface area contributed by atoms with Gasteiger partial charge < -0.3 is 4.90 Å². The van der Waals surface area contributed by atoms with E-state index in [0.717, 1.165) is 22.4 Å². The largest absolute Gasteiger partial charge is 0.302 e. The van der Waals surface area contributed by atoms with Crippen molar-refractivity contribution in [3.8, 4) is 0 Å². The van der Waals surface area contributed by atoms with Crippen LogP contribution in [0.5, 0.6) is 0 Å². The summed E-state index contributed by atoms with van der Waals surface area (Å²) in [7, 11) is 0. The van der Waals surface area contributed by atoms with Crippen LogP contribution in [0.2, 0.25) is 0 Å². The standard InChI is InChI=1S/C21H16N4O/c26-21-20(24-23-14-17-9-6-12-22-13-17)18-10-4-5-11-19(18)25(21)15-16-7-2-1-3-8-16/h1-14H,15H2/b23-14-,24-20-. The van der Waals surface area contributed by atoms with Gasteiger partial charge in [0.2, 0.25) is 0 Å². The van der Waals surface area contributed by atoms with Gasteiger partial charge in [-0.2, -0.15) is 5.10 Å². The summed E-state index contributed by atoms with van der Waals surface area (Å²) >= 11 is 0. The van der Waals surface area contributed by atoms with E-state index in [0.29, 0.717) is 12.3 Å². The molecule has 0 atom stereocenters. The van der Waals surface area contributed by atoms with Crippen molar-refractivity contribution in [3.05, 3.63) is 95.8 Å². The molecule has 1 amide bonds. The molecule has 0 aliphatic carbocycles. The van der Waals surface area contributed by atoms with Crippen LogP contribution in [-0.4, -0.2) is 22.8 Å². The van der Waals surface area contributed by atoms with Crippen LogP contribution < -0.4 is 4.90 Å². The van der Waals surface area contributed by atoms with Gasteiger partial charge in [-0.15, -0.1) is 5.10 Å². The number of aromatic nitrogens is 1. The van der Waals surface area contributed by atoms with Crippen molar-refractivity contribution in [2.75, 3.05) is 4.90 Å². The first-order chi connectivity index (χ1) is 12.8. The Morgan fingerprint density at radius 3 is 2.58 bits per heavy atom. The van der Waals surface area contributed by atoms with E-state index in [1.807, 2.05) is 66.7 Å². The quantitative estimate of drug-likeness (QED) is 0.539. The van der Waals surface area contributed by atoms with Crippen molar-refractivity contribution >= 4 is 23.5 Å². The van der Waals surface area contributed by atoms with Crippen LogP contribution in [0, 0.1) is 0 Å². The molecule has 0 saturated carbocycles. The van der Waals surface area contributed by atoms with Crippen LogP contribution in [0.15, 0.2) is 89.3 Å². The van der Waals surface area contributed by atoms with Gasteiger partial charge in [0.1, 0.15) is 0 Å². The Hall–Kier alpha value is -3.60. The second-order valence-electron chi connectivity index (χ2n) is 5.87. The van der Waals surface area contributed by atoms with Crippen molar-refractivity contribution in [1.29, 1.82) is 0 Å². The monoisotopic (exact) mass is 340 g/mol. The summed E-state index contributed by atoms with van der Waals surface area (Å²) in [5.41, 5.74) is 3.91. The highest BCUT2D eigenvalue weighted by Crippen LogP contribution is 2.30. The van der Waals surface area contributed by atoms with Crippen molar-refractivity contribution in [2.45, 2.75) is 6.54 Å². The highest BCUT2D eigenvalue weighted by atomic mass is 16.2. The molecule has 1 aromatic heterocycles. The summed E-state index contributed by atoms with van der Waals surface area (Å²) < 4.78 is 0. The number of amides is 1. The smallest absolute Gasteiger partial charge is 0.279 e. The summed E-state index contributed by atoms with van der Waals surface area (Å²) in [6.07, 6.45) is 4.98. The molecular formula is C21H16N4O.